The maximum atomic E-state index is 13.1. The molecule has 6 nitrogen and oxygen atoms in total. The molecule has 1 aromatic heterocycles. The number of hydrogen-bond acceptors (Lipinski definition) is 6. The molecule has 8 heteroatoms. The van der Waals surface area contributed by atoms with Crippen LogP contribution in [0.25, 0.3) is 17.0 Å². The Morgan fingerprint density at radius 2 is 1.94 bits per heavy atom. The first-order valence-corrected chi connectivity index (χ1v) is 13.5. The summed E-state index contributed by atoms with van der Waals surface area (Å²) in [5.41, 5.74) is 2.10. The number of ether oxygens (including phenoxy) is 3. The summed E-state index contributed by atoms with van der Waals surface area (Å²) < 4.78 is 20.2. The highest BCUT2D eigenvalue weighted by molar-refractivity contribution is 8.26. The van der Waals surface area contributed by atoms with Crippen molar-refractivity contribution in [1.82, 2.24) is 9.47 Å². The molecule has 0 bridgehead atoms. The first-order valence-electron chi connectivity index (χ1n) is 12.3. The molecule has 2 aromatic carbocycles. The Labute approximate surface area is 221 Å². The lowest BCUT2D eigenvalue weighted by Crippen LogP contribution is -2.35. The highest BCUT2D eigenvalue weighted by Crippen LogP contribution is 2.35. The van der Waals surface area contributed by atoms with Crippen LogP contribution in [0.2, 0.25) is 0 Å². The number of hydrogen-bond donors (Lipinski definition) is 0. The van der Waals surface area contributed by atoms with E-state index in [4.69, 9.17) is 26.4 Å². The van der Waals surface area contributed by atoms with Gasteiger partial charge in [0.2, 0.25) is 0 Å². The number of para-hydroxylation sites is 1. The zero-order chi connectivity index (χ0) is 25.1. The van der Waals surface area contributed by atoms with Crippen molar-refractivity contribution in [1.29, 1.82) is 0 Å². The second-order valence-corrected chi connectivity index (χ2v) is 10.9. The van der Waals surface area contributed by atoms with E-state index in [1.807, 2.05) is 56.3 Å². The number of rotatable bonds is 9. The predicted octanol–water partition coefficient (Wildman–Crippen LogP) is 5.89. The number of thioether (sulfide) groups is 1. The van der Waals surface area contributed by atoms with Crippen molar-refractivity contribution in [3.8, 4) is 11.5 Å². The maximum Gasteiger partial charge on any atom is 0.266 e. The fraction of sp³-hybridized carbons (Fsp3) is 0.357. The molecule has 0 radical (unpaired) electrons. The van der Waals surface area contributed by atoms with Gasteiger partial charge in [0.05, 0.1) is 30.2 Å². The minimum atomic E-state index is -0.0365. The zero-order valence-corrected chi connectivity index (χ0v) is 22.1. The molecule has 0 saturated carbocycles. The number of carbonyl (C=O) groups is 1. The van der Waals surface area contributed by atoms with Gasteiger partial charge in [-0.1, -0.05) is 42.2 Å². The molecule has 3 heterocycles. The average Bonchev–Trinajstić information content (AvgIpc) is 3.56. The van der Waals surface area contributed by atoms with Crippen LogP contribution in [0.1, 0.15) is 32.3 Å². The molecule has 5 rings (SSSR count). The molecule has 2 aliphatic rings. The van der Waals surface area contributed by atoms with E-state index in [0.717, 1.165) is 47.4 Å². The summed E-state index contributed by atoms with van der Waals surface area (Å²) in [5, 5.41) is 1.09. The second kappa shape index (κ2) is 11.1. The molecule has 1 atom stereocenters. The number of nitrogens with zero attached hydrogens (tertiary/aromatic N) is 2. The highest BCUT2D eigenvalue weighted by Gasteiger charge is 2.34. The fourth-order valence-electron chi connectivity index (χ4n) is 4.51. The van der Waals surface area contributed by atoms with Gasteiger partial charge >= 0.3 is 0 Å². The lowest BCUT2D eigenvalue weighted by molar-refractivity contribution is -0.123. The summed E-state index contributed by atoms with van der Waals surface area (Å²) in [6.07, 6.45) is 6.27. The van der Waals surface area contributed by atoms with E-state index in [-0.39, 0.29) is 18.1 Å². The molecule has 2 aliphatic heterocycles. The van der Waals surface area contributed by atoms with E-state index in [1.54, 1.807) is 4.90 Å². The summed E-state index contributed by atoms with van der Waals surface area (Å²) in [5.74, 6) is 1.60. The van der Waals surface area contributed by atoms with Crippen LogP contribution in [0, 0.1) is 0 Å². The van der Waals surface area contributed by atoms with Gasteiger partial charge in [-0.3, -0.25) is 9.69 Å². The van der Waals surface area contributed by atoms with Gasteiger partial charge in [0.25, 0.3) is 5.91 Å². The maximum absolute atomic E-state index is 13.1. The van der Waals surface area contributed by atoms with Crippen molar-refractivity contribution in [2.45, 2.75) is 45.4 Å². The minimum Gasteiger partial charge on any atom is -0.492 e. The lowest BCUT2D eigenvalue weighted by atomic mass is 10.1. The van der Waals surface area contributed by atoms with Crippen LogP contribution >= 0.6 is 24.0 Å². The van der Waals surface area contributed by atoms with Crippen LogP contribution in [-0.4, -0.2) is 51.7 Å². The van der Waals surface area contributed by atoms with E-state index < -0.39 is 0 Å². The fourth-order valence-corrected chi connectivity index (χ4v) is 5.78. The van der Waals surface area contributed by atoms with Gasteiger partial charge in [0, 0.05) is 29.3 Å². The molecular weight excluding hydrogens is 492 g/mol. The number of aromatic nitrogens is 1. The average molecular weight is 523 g/mol. The third kappa shape index (κ3) is 5.61. The lowest BCUT2D eigenvalue weighted by Gasteiger charge is -2.18. The third-order valence-corrected chi connectivity index (χ3v) is 7.56. The number of amides is 1. The Kier molecular flexibility index (Phi) is 7.65. The molecule has 36 heavy (non-hydrogen) atoms. The van der Waals surface area contributed by atoms with Crippen molar-refractivity contribution in [2.24, 2.45) is 0 Å². The van der Waals surface area contributed by atoms with Gasteiger partial charge in [-0.2, -0.15) is 0 Å². The number of benzene rings is 2. The Hall–Kier alpha value is -2.81. The Morgan fingerprint density at radius 1 is 1.17 bits per heavy atom. The van der Waals surface area contributed by atoms with Gasteiger partial charge in [-0.15, -0.1) is 0 Å². The smallest absolute Gasteiger partial charge is 0.266 e. The first kappa shape index (κ1) is 24.9. The summed E-state index contributed by atoms with van der Waals surface area (Å²) in [6, 6.07) is 15.9. The van der Waals surface area contributed by atoms with Gasteiger partial charge < -0.3 is 18.8 Å². The molecule has 3 aromatic rings. The summed E-state index contributed by atoms with van der Waals surface area (Å²) >= 11 is 6.89. The van der Waals surface area contributed by atoms with Gasteiger partial charge in [0.15, 0.2) is 0 Å². The largest absolute Gasteiger partial charge is 0.492 e. The van der Waals surface area contributed by atoms with Crippen LogP contribution < -0.4 is 9.47 Å². The van der Waals surface area contributed by atoms with E-state index >= 15 is 0 Å². The molecule has 0 spiro atoms. The van der Waals surface area contributed by atoms with Crippen molar-refractivity contribution in [3.05, 3.63) is 65.2 Å². The standard InChI is InChI=1S/C28H30N2O4S2/c1-19(2)34-22-11-9-21(10-12-22)33-15-13-29-17-20(24-7-3-4-8-25(24)29)16-26-27(31)30(28(35)36-26)18-23-6-5-14-32-23/h3-4,7-12,16-17,19,23H,5-6,13-15,18H2,1-2H3/b26-16-/t23-/m1/s1. The van der Waals surface area contributed by atoms with Gasteiger partial charge in [-0.05, 0) is 63.1 Å². The van der Waals surface area contributed by atoms with Crippen molar-refractivity contribution in [2.75, 3.05) is 19.8 Å². The molecule has 2 fully saturated rings. The van der Waals surface area contributed by atoms with E-state index in [9.17, 15) is 4.79 Å². The summed E-state index contributed by atoms with van der Waals surface area (Å²) in [6.45, 7) is 6.51. The van der Waals surface area contributed by atoms with Crippen LogP contribution in [0.5, 0.6) is 11.5 Å². The molecule has 0 unspecified atom stereocenters. The topological polar surface area (TPSA) is 52.9 Å². The van der Waals surface area contributed by atoms with E-state index in [0.29, 0.717) is 28.9 Å². The zero-order valence-electron chi connectivity index (χ0n) is 20.5. The summed E-state index contributed by atoms with van der Waals surface area (Å²) in [4.78, 5) is 15.5. The Morgan fingerprint density at radius 3 is 2.69 bits per heavy atom. The molecule has 0 N–H and O–H groups in total. The number of carbonyl (C=O) groups excluding carboxylic acids is 1. The SMILES string of the molecule is CC(C)Oc1ccc(OCCn2cc(/C=C3\SC(=S)N(C[C@H]4CCCO4)C3=O)c3ccccc32)cc1. The Balaban J connectivity index is 1.28. The second-order valence-electron chi connectivity index (χ2n) is 9.21. The number of thiocarbonyl (C=S) groups is 1. The normalized spacial score (nSPS) is 19.2. The van der Waals surface area contributed by atoms with Gasteiger partial charge in [-0.25, -0.2) is 0 Å². The van der Waals surface area contributed by atoms with Gasteiger partial charge in [0.1, 0.15) is 22.4 Å². The Bertz CT molecular complexity index is 1280. The van der Waals surface area contributed by atoms with Crippen molar-refractivity contribution >= 4 is 51.2 Å². The van der Waals surface area contributed by atoms with Crippen LogP contribution in [0.4, 0.5) is 0 Å². The van der Waals surface area contributed by atoms with E-state index in [2.05, 4.69) is 22.9 Å². The monoisotopic (exact) mass is 522 g/mol. The predicted molar refractivity (Wildman–Crippen MR) is 148 cm³/mol. The molecule has 2 saturated heterocycles. The minimum absolute atomic E-state index is 0.0365. The quantitative estimate of drug-likeness (QED) is 0.258. The van der Waals surface area contributed by atoms with Crippen LogP contribution in [-0.2, 0) is 16.1 Å². The highest BCUT2D eigenvalue weighted by atomic mass is 32.2. The van der Waals surface area contributed by atoms with Crippen LogP contribution in [0.15, 0.2) is 59.6 Å². The number of fused-ring (bicyclic) bond motifs is 1. The van der Waals surface area contributed by atoms with Crippen LogP contribution in [0.3, 0.4) is 0 Å². The first-order chi connectivity index (χ1) is 17.5. The summed E-state index contributed by atoms with van der Waals surface area (Å²) in [7, 11) is 0. The molecular formula is C28H30N2O4S2. The third-order valence-electron chi connectivity index (χ3n) is 6.19. The van der Waals surface area contributed by atoms with Crippen molar-refractivity contribution in [3.63, 3.8) is 0 Å². The van der Waals surface area contributed by atoms with Crippen molar-refractivity contribution < 1.29 is 19.0 Å². The molecule has 0 aliphatic carbocycles. The molecule has 188 valence electrons. The van der Waals surface area contributed by atoms with E-state index in [1.165, 1.54) is 11.8 Å². The molecule has 1 amide bonds.